The van der Waals surface area contributed by atoms with E-state index in [1.165, 1.54) is 35.7 Å². The fourth-order valence-corrected chi connectivity index (χ4v) is 2.13. The van der Waals surface area contributed by atoms with Crippen molar-refractivity contribution < 1.29 is 9.18 Å². The third-order valence-electron chi connectivity index (χ3n) is 2.31. The molecular formula is C13H7ClFN3OS. The Hall–Kier alpha value is -2.23. The number of carbonyl (C=O) groups is 1. The first-order chi connectivity index (χ1) is 9.61. The molecule has 7 heteroatoms. The number of thiazole rings is 1. The molecular weight excluding hydrogens is 301 g/mol. The monoisotopic (exact) mass is 307 g/mol. The lowest BCUT2D eigenvalue weighted by Gasteiger charge is -2.02. The van der Waals surface area contributed by atoms with Gasteiger partial charge in [0.1, 0.15) is 17.5 Å². The molecule has 2 rings (SSSR count). The van der Waals surface area contributed by atoms with Gasteiger partial charge in [-0.25, -0.2) is 9.37 Å². The van der Waals surface area contributed by atoms with Gasteiger partial charge in [0.25, 0.3) is 5.91 Å². The summed E-state index contributed by atoms with van der Waals surface area (Å²) >= 11 is 7.05. The molecule has 1 amide bonds. The zero-order valence-electron chi connectivity index (χ0n) is 9.93. The first-order valence-corrected chi connectivity index (χ1v) is 6.64. The van der Waals surface area contributed by atoms with Crippen molar-refractivity contribution in [2.45, 2.75) is 0 Å². The van der Waals surface area contributed by atoms with E-state index in [0.717, 1.165) is 6.08 Å². The summed E-state index contributed by atoms with van der Waals surface area (Å²) in [6, 6.07) is 5.84. The molecule has 0 atom stereocenters. The number of hydrogen-bond donors (Lipinski definition) is 1. The number of aromatic nitrogens is 1. The summed E-state index contributed by atoms with van der Waals surface area (Å²) in [5.41, 5.74) is -0.257. The van der Waals surface area contributed by atoms with E-state index >= 15 is 0 Å². The van der Waals surface area contributed by atoms with Crippen molar-refractivity contribution in [1.29, 1.82) is 5.26 Å². The Balaban J connectivity index is 2.30. The third kappa shape index (κ3) is 3.20. The van der Waals surface area contributed by atoms with E-state index in [4.69, 9.17) is 16.9 Å². The lowest BCUT2D eigenvalue weighted by atomic mass is 10.1. The van der Waals surface area contributed by atoms with E-state index in [1.807, 2.05) is 0 Å². The van der Waals surface area contributed by atoms with Crippen molar-refractivity contribution in [3.8, 4) is 6.07 Å². The summed E-state index contributed by atoms with van der Waals surface area (Å²) in [7, 11) is 0. The van der Waals surface area contributed by atoms with Crippen LogP contribution in [-0.4, -0.2) is 10.9 Å². The summed E-state index contributed by atoms with van der Waals surface area (Å²) in [5.74, 6) is -1.27. The quantitative estimate of drug-likeness (QED) is 0.697. The largest absolute Gasteiger partial charge is 0.297 e. The van der Waals surface area contributed by atoms with Gasteiger partial charge < -0.3 is 0 Å². The summed E-state index contributed by atoms with van der Waals surface area (Å²) in [6.45, 7) is 0. The van der Waals surface area contributed by atoms with Crippen LogP contribution in [0.15, 0.2) is 35.3 Å². The van der Waals surface area contributed by atoms with Gasteiger partial charge in [-0.2, -0.15) is 5.26 Å². The van der Waals surface area contributed by atoms with E-state index in [0.29, 0.717) is 5.13 Å². The number of nitrogens with zero attached hydrogens (tertiary/aromatic N) is 2. The highest BCUT2D eigenvalue weighted by Crippen LogP contribution is 2.22. The van der Waals surface area contributed by atoms with Crippen molar-refractivity contribution in [1.82, 2.24) is 4.98 Å². The molecule has 1 aromatic carbocycles. The summed E-state index contributed by atoms with van der Waals surface area (Å²) in [5, 5.41) is 13.6. The molecule has 0 aliphatic rings. The van der Waals surface area contributed by atoms with Crippen LogP contribution in [0.3, 0.4) is 0 Å². The smallest absolute Gasteiger partial charge is 0.268 e. The van der Waals surface area contributed by atoms with Gasteiger partial charge in [0, 0.05) is 17.1 Å². The van der Waals surface area contributed by atoms with Gasteiger partial charge in [-0.15, -0.1) is 11.3 Å². The Morgan fingerprint density at radius 2 is 2.35 bits per heavy atom. The standard InChI is InChI=1S/C13H7ClFN3OS/c14-10-2-1-3-11(15)9(10)6-8(7-16)12(19)18-13-17-4-5-20-13/h1-6H,(H,17,18,19)/b8-6+. The van der Waals surface area contributed by atoms with Crippen LogP contribution in [0.5, 0.6) is 0 Å². The van der Waals surface area contributed by atoms with Gasteiger partial charge in [0.05, 0.1) is 5.02 Å². The number of rotatable bonds is 3. The van der Waals surface area contributed by atoms with Crippen LogP contribution in [0, 0.1) is 17.1 Å². The molecule has 0 aliphatic heterocycles. The normalized spacial score (nSPS) is 10.9. The van der Waals surface area contributed by atoms with Crippen LogP contribution in [0.4, 0.5) is 9.52 Å². The first kappa shape index (κ1) is 14.2. The molecule has 0 aliphatic carbocycles. The summed E-state index contributed by atoms with van der Waals surface area (Å²) in [4.78, 5) is 15.7. The zero-order chi connectivity index (χ0) is 14.5. The number of amides is 1. The minimum absolute atomic E-state index is 0.00000504. The van der Waals surface area contributed by atoms with E-state index < -0.39 is 11.7 Å². The molecule has 1 heterocycles. The highest BCUT2D eigenvalue weighted by atomic mass is 35.5. The van der Waals surface area contributed by atoms with Crippen LogP contribution in [0.1, 0.15) is 5.56 Å². The Labute approximate surface area is 123 Å². The average Bonchev–Trinajstić information content (AvgIpc) is 2.91. The average molecular weight is 308 g/mol. The van der Waals surface area contributed by atoms with Crippen molar-refractivity contribution >= 4 is 40.1 Å². The molecule has 100 valence electrons. The first-order valence-electron chi connectivity index (χ1n) is 5.38. The Kier molecular flexibility index (Phi) is 4.45. The van der Waals surface area contributed by atoms with E-state index in [-0.39, 0.29) is 16.2 Å². The number of carbonyl (C=O) groups excluding carboxylic acids is 1. The molecule has 0 fully saturated rings. The number of halogens is 2. The van der Waals surface area contributed by atoms with E-state index in [1.54, 1.807) is 11.4 Å². The lowest BCUT2D eigenvalue weighted by molar-refractivity contribution is -0.112. The number of nitriles is 1. The fraction of sp³-hybridized carbons (Fsp3) is 0. The van der Waals surface area contributed by atoms with Crippen molar-refractivity contribution in [2.24, 2.45) is 0 Å². The second kappa shape index (κ2) is 6.28. The van der Waals surface area contributed by atoms with Gasteiger partial charge in [0.15, 0.2) is 5.13 Å². The molecule has 4 nitrogen and oxygen atoms in total. The van der Waals surface area contributed by atoms with E-state index in [2.05, 4.69) is 10.3 Å². The molecule has 0 radical (unpaired) electrons. The number of anilines is 1. The molecule has 0 bridgehead atoms. The van der Waals surface area contributed by atoms with Crippen LogP contribution in [0.2, 0.25) is 5.02 Å². The number of hydrogen-bond acceptors (Lipinski definition) is 4. The fourth-order valence-electron chi connectivity index (χ4n) is 1.39. The van der Waals surface area contributed by atoms with Gasteiger partial charge in [-0.1, -0.05) is 17.7 Å². The predicted octanol–water partition coefficient (Wildman–Crippen LogP) is 3.48. The molecule has 1 N–H and O–H groups in total. The van der Waals surface area contributed by atoms with Crippen LogP contribution in [0.25, 0.3) is 6.08 Å². The minimum Gasteiger partial charge on any atom is -0.297 e. The molecule has 1 aromatic heterocycles. The van der Waals surface area contributed by atoms with Crippen molar-refractivity contribution in [3.05, 3.63) is 51.8 Å². The highest BCUT2D eigenvalue weighted by Gasteiger charge is 2.13. The van der Waals surface area contributed by atoms with Gasteiger partial charge in [0.2, 0.25) is 0 Å². The highest BCUT2D eigenvalue weighted by molar-refractivity contribution is 7.13. The molecule has 0 spiro atoms. The van der Waals surface area contributed by atoms with Crippen LogP contribution < -0.4 is 5.32 Å². The van der Waals surface area contributed by atoms with Crippen molar-refractivity contribution in [3.63, 3.8) is 0 Å². The predicted molar refractivity (Wildman–Crippen MR) is 75.7 cm³/mol. The van der Waals surface area contributed by atoms with Crippen molar-refractivity contribution in [2.75, 3.05) is 5.32 Å². The maximum atomic E-state index is 13.6. The maximum absolute atomic E-state index is 13.6. The maximum Gasteiger partial charge on any atom is 0.268 e. The third-order valence-corrected chi connectivity index (χ3v) is 3.32. The van der Waals surface area contributed by atoms with Gasteiger partial charge in [-0.05, 0) is 18.2 Å². The lowest BCUT2D eigenvalue weighted by Crippen LogP contribution is -2.13. The minimum atomic E-state index is -0.665. The second-order valence-electron chi connectivity index (χ2n) is 3.60. The number of benzene rings is 1. The zero-order valence-corrected chi connectivity index (χ0v) is 11.5. The summed E-state index contributed by atoms with van der Waals surface area (Å²) < 4.78 is 13.6. The molecule has 0 saturated carbocycles. The Bertz CT molecular complexity index is 687. The molecule has 2 aromatic rings. The number of nitrogens with one attached hydrogen (secondary N) is 1. The van der Waals surface area contributed by atoms with Crippen LogP contribution in [-0.2, 0) is 4.79 Å². The topological polar surface area (TPSA) is 65.8 Å². The van der Waals surface area contributed by atoms with E-state index in [9.17, 15) is 9.18 Å². The van der Waals surface area contributed by atoms with Crippen LogP contribution >= 0.6 is 22.9 Å². The molecule has 0 unspecified atom stereocenters. The Morgan fingerprint density at radius 3 is 2.95 bits per heavy atom. The SMILES string of the molecule is N#C/C(=C\c1c(F)cccc1Cl)C(=O)Nc1nccs1. The van der Waals surface area contributed by atoms with Gasteiger partial charge >= 0.3 is 0 Å². The van der Waals surface area contributed by atoms with Gasteiger partial charge in [-0.3, -0.25) is 10.1 Å². The Morgan fingerprint density at radius 1 is 1.55 bits per heavy atom. The molecule has 0 saturated heterocycles. The summed E-state index contributed by atoms with van der Waals surface area (Å²) in [6.07, 6.45) is 2.63. The second-order valence-corrected chi connectivity index (χ2v) is 4.90. The molecule has 20 heavy (non-hydrogen) atoms.